The van der Waals surface area contributed by atoms with Crippen molar-refractivity contribution in [3.8, 4) is 5.75 Å². The van der Waals surface area contributed by atoms with Crippen LogP contribution < -0.4 is 10.5 Å². The van der Waals surface area contributed by atoms with Crippen molar-refractivity contribution < 1.29 is 13.5 Å². The zero-order valence-electron chi connectivity index (χ0n) is 12.7. The maximum absolute atomic E-state index is 12.8. The second-order valence-electron chi connectivity index (χ2n) is 5.70. The predicted octanol–water partition coefficient (Wildman–Crippen LogP) is 4.44. The van der Waals surface area contributed by atoms with Crippen molar-refractivity contribution in [3.63, 3.8) is 0 Å². The minimum absolute atomic E-state index is 0.0957. The molecule has 0 saturated carbocycles. The van der Waals surface area contributed by atoms with E-state index in [1.54, 1.807) is 24.3 Å². The molecule has 1 aliphatic heterocycles. The molecule has 0 aliphatic carbocycles. The molecule has 0 bridgehead atoms. The van der Waals surface area contributed by atoms with Gasteiger partial charge in [0.1, 0.15) is 22.2 Å². The zero-order valence-corrected chi connectivity index (χ0v) is 15.0. The minimum atomic E-state index is -2.92. The summed E-state index contributed by atoms with van der Waals surface area (Å²) in [6, 6.07) is 7.65. The summed E-state index contributed by atoms with van der Waals surface area (Å²) in [7, 11) is 0. The first-order valence-corrected chi connectivity index (χ1v) is 8.66. The standard InChI is InChI=1S/C16H12BrClF2N4O/c17-7-2-1-3-11(25-16(19)20)13(7)10-6-8(21)14-22-9-4-5-12(18)23-15(9)24(10)14/h1-5,8,10,16H,6,21H2/t8-,10-/m1/s1. The highest BCUT2D eigenvalue weighted by molar-refractivity contribution is 9.10. The Morgan fingerprint density at radius 3 is 2.84 bits per heavy atom. The van der Waals surface area contributed by atoms with Crippen LogP contribution in [0.25, 0.3) is 11.2 Å². The first-order chi connectivity index (χ1) is 12.0. The highest BCUT2D eigenvalue weighted by atomic mass is 79.9. The number of rotatable bonds is 3. The van der Waals surface area contributed by atoms with Crippen LogP contribution in [0.3, 0.4) is 0 Å². The van der Waals surface area contributed by atoms with E-state index in [9.17, 15) is 8.78 Å². The average molecular weight is 430 g/mol. The van der Waals surface area contributed by atoms with Crippen LogP contribution in [0.2, 0.25) is 5.15 Å². The van der Waals surface area contributed by atoms with Crippen LogP contribution in [0, 0.1) is 0 Å². The lowest BCUT2D eigenvalue weighted by Crippen LogP contribution is -2.12. The van der Waals surface area contributed by atoms with Crippen molar-refractivity contribution in [2.24, 2.45) is 5.73 Å². The number of fused-ring (bicyclic) bond motifs is 3. The summed E-state index contributed by atoms with van der Waals surface area (Å²) in [6.07, 6.45) is 0.495. The van der Waals surface area contributed by atoms with Gasteiger partial charge >= 0.3 is 6.61 Å². The van der Waals surface area contributed by atoms with Crippen molar-refractivity contribution in [2.45, 2.75) is 25.1 Å². The summed E-state index contributed by atoms with van der Waals surface area (Å²) in [4.78, 5) is 8.87. The van der Waals surface area contributed by atoms with Gasteiger partial charge in [0.2, 0.25) is 0 Å². The zero-order chi connectivity index (χ0) is 17.7. The third-order valence-electron chi connectivity index (χ3n) is 4.21. The number of halogens is 4. The smallest absolute Gasteiger partial charge is 0.387 e. The Bertz CT molecular complexity index is 965. The number of aromatic nitrogens is 3. The number of hydrogen-bond donors (Lipinski definition) is 1. The van der Waals surface area contributed by atoms with E-state index in [2.05, 4.69) is 25.9 Å². The second-order valence-corrected chi connectivity index (χ2v) is 6.95. The van der Waals surface area contributed by atoms with Crippen molar-refractivity contribution in [3.05, 3.63) is 51.3 Å². The van der Waals surface area contributed by atoms with Gasteiger partial charge in [0.05, 0.1) is 12.1 Å². The molecule has 0 saturated heterocycles. The van der Waals surface area contributed by atoms with Crippen molar-refractivity contribution in [2.75, 3.05) is 0 Å². The lowest BCUT2D eigenvalue weighted by Gasteiger charge is -2.20. The van der Waals surface area contributed by atoms with E-state index < -0.39 is 6.61 Å². The van der Waals surface area contributed by atoms with Crippen molar-refractivity contribution >= 4 is 38.7 Å². The number of hydrogen-bond acceptors (Lipinski definition) is 4. The summed E-state index contributed by atoms with van der Waals surface area (Å²) in [5.41, 5.74) is 8.03. The van der Waals surface area contributed by atoms with E-state index in [-0.39, 0.29) is 17.8 Å². The third-order valence-corrected chi connectivity index (χ3v) is 5.12. The molecule has 5 nitrogen and oxygen atoms in total. The normalized spacial score (nSPS) is 19.6. The van der Waals surface area contributed by atoms with Gasteiger partial charge < -0.3 is 15.0 Å². The molecule has 1 aromatic carbocycles. The summed E-state index contributed by atoms with van der Waals surface area (Å²) in [5, 5.41) is 0.325. The fourth-order valence-corrected chi connectivity index (χ4v) is 4.03. The van der Waals surface area contributed by atoms with Crippen LogP contribution in [0.5, 0.6) is 5.75 Å². The molecule has 0 spiro atoms. The molecule has 3 heterocycles. The average Bonchev–Trinajstić information content (AvgIpc) is 3.05. The molecular formula is C16H12BrClF2N4O. The maximum Gasteiger partial charge on any atom is 0.387 e. The molecule has 2 aromatic heterocycles. The lowest BCUT2D eigenvalue weighted by atomic mass is 10.0. The number of nitrogens with zero attached hydrogens (tertiary/aromatic N) is 3. The van der Waals surface area contributed by atoms with E-state index in [4.69, 9.17) is 22.1 Å². The van der Waals surface area contributed by atoms with E-state index in [1.165, 1.54) is 6.07 Å². The van der Waals surface area contributed by atoms with E-state index in [1.807, 2.05) is 4.57 Å². The number of pyridine rings is 1. The van der Waals surface area contributed by atoms with Crippen LogP contribution >= 0.6 is 27.5 Å². The van der Waals surface area contributed by atoms with E-state index in [0.717, 1.165) is 0 Å². The number of benzene rings is 1. The molecule has 0 amide bonds. The van der Waals surface area contributed by atoms with Gasteiger partial charge in [-0.05, 0) is 30.7 Å². The Morgan fingerprint density at radius 2 is 2.08 bits per heavy atom. The Labute approximate surface area is 154 Å². The van der Waals surface area contributed by atoms with Crippen LogP contribution in [-0.4, -0.2) is 21.1 Å². The second kappa shape index (κ2) is 6.19. The Balaban J connectivity index is 1.93. The Morgan fingerprint density at radius 1 is 1.28 bits per heavy atom. The molecule has 3 aromatic rings. The maximum atomic E-state index is 12.8. The van der Waals surface area contributed by atoms with E-state index >= 15 is 0 Å². The molecule has 1 aliphatic rings. The third kappa shape index (κ3) is 2.78. The fraction of sp³-hybridized carbons (Fsp3) is 0.250. The van der Waals surface area contributed by atoms with Gasteiger partial charge in [0.15, 0.2) is 5.65 Å². The van der Waals surface area contributed by atoms with Gasteiger partial charge in [-0.2, -0.15) is 8.78 Å². The van der Waals surface area contributed by atoms with Gasteiger partial charge in [-0.25, -0.2) is 9.97 Å². The molecule has 0 unspecified atom stereocenters. The minimum Gasteiger partial charge on any atom is -0.434 e. The van der Waals surface area contributed by atoms with E-state index in [0.29, 0.717) is 38.6 Å². The largest absolute Gasteiger partial charge is 0.434 e. The van der Waals surface area contributed by atoms with Crippen LogP contribution in [0.4, 0.5) is 8.78 Å². The molecule has 130 valence electrons. The molecule has 0 fully saturated rings. The van der Waals surface area contributed by atoms with Crippen LogP contribution in [0.15, 0.2) is 34.8 Å². The van der Waals surface area contributed by atoms with Gasteiger partial charge in [-0.1, -0.05) is 33.6 Å². The Kier molecular flexibility index (Phi) is 4.13. The molecule has 2 N–H and O–H groups in total. The first-order valence-electron chi connectivity index (χ1n) is 7.49. The highest BCUT2D eigenvalue weighted by Gasteiger charge is 2.36. The van der Waals surface area contributed by atoms with Crippen LogP contribution in [-0.2, 0) is 0 Å². The predicted molar refractivity (Wildman–Crippen MR) is 93.0 cm³/mol. The van der Waals surface area contributed by atoms with Crippen molar-refractivity contribution in [1.82, 2.24) is 14.5 Å². The van der Waals surface area contributed by atoms with Gasteiger partial charge in [0.25, 0.3) is 0 Å². The highest BCUT2D eigenvalue weighted by Crippen LogP contribution is 2.45. The number of ether oxygens (including phenoxy) is 1. The SMILES string of the molecule is N[C@@H]1C[C@H](c2c(Br)cccc2OC(F)F)n2c1nc1ccc(Cl)nc12. The van der Waals surface area contributed by atoms with Gasteiger partial charge in [0, 0.05) is 10.0 Å². The molecule has 4 rings (SSSR count). The number of nitrogens with two attached hydrogens (primary N) is 1. The summed E-state index contributed by atoms with van der Waals surface area (Å²) >= 11 is 9.46. The molecular weight excluding hydrogens is 418 g/mol. The van der Waals surface area contributed by atoms with Crippen LogP contribution in [0.1, 0.15) is 29.9 Å². The summed E-state index contributed by atoms with van der Waals surface area (Å²) in [5.74, 6) is 0.742. The molecule has 25 heavy (non-hydrogen) atoms. The molecule has 2 atom stereocenters. The number of alkyl halides is 2. The first kappa shape index (κ1) is 16.7. The molecule has 0 radical (unpaired) electrons. The fourth-order valence-electron chi connectivity index (χ4n) is 3.27. The monoisotopic (exact) mass is 428 g/mol. The summed E-state index contributed by atoms with van der Waals surface area (Å²) in [6.45, 7) is -2.92. The summed E-state index contributed by atoms with van der Waals surface area (Å²) < 4.78 is 32.9. The van der Waals surface area contributed by atoms with Crippen molar-refractivity contribution in [1.29, 1.82) is 0 Å². The number of imidazole rings is 1. The van der Waals surface area contributed by atoms with Gasteiger partial charge in [-0.15, -0.1) is 0 Å². The topological polar surface area (TPSA) is 66.0 Å². The molecule has 9 heteroatoms. The lowest BCUT2D eigenvalue weighted by molar-refractivity contribution is -0.0507. The Hall–Kier alpha value is -1.77. The quantitative estimate of drug-likeness (QED) is 0.625. The van der Waals surface area contributed by atoms with Gasteiger partial charge in [-0.3, -0.25) is 0 Å².